The van der Waals surface area contributed by atoms with Gasteiger partial charge in [0.05, 0.1) is 31.5 Å². The highest BCUT2D eigenvalue weighted by Crippen LogP contribution is 2.23. The number of rotatable bonds is 5. The third-order valence-electron chi connectivity index (χ3n) is 4.08. The summed E-state index contributed by atoms with van der Waals surface area (Å²) in [6.07, 6.45) is 3.68. The monoisotopic (exact) mass is 347 g/mol. The number of amides is 1. The van der Waals surface area contributed by atoms with Crippen LogP contribution in [0.15, 0.2) is 29.0 Å². The highest BCUT2D eigenvalue weighted by Gasteiger charge is 2.24. The van der Waals surface area contributed by atoms with Crippen molar-refractivity contribution in [1.29, 1.82) is 0 Å². The van der Waals surface area contributed by atoms with Gasteiger partial charge in [-0.2, -0.15) is 5.10 Å². The molecule has 1 fully saturated rings. The highest BCUT2D eigenvalue weighted by atomic mass is 16.5. The topological polar surface area (TPSA) is 85.4 Å². The van der Waals surface area contributed by atoms with Crippen LogP contribution in [0.3, 0.4) is 0 Å². The number of nitrogens with one attached hydrogen (secondary N) is 1. The van der Waals surface area contributed by atoms with Crippen molar-refractivity contribution in [1.82, 2.24) is 19.8 Å². The average Bonchev–Trinajstić information content (AvgIpc) is 3.18. The van der Waals surface area contributed by atoms with Crippen LogP contribution in [0.25, 0.3) is 0 Å². The molecule has 0 bridgehead atoms. The lowest BCUT2D eigenvalue weighted by atomic mass is 9.92. The molecule has 0 aromatic carbocycles. The van der Waals surface area contributed by atoms with Crippen LogP contribution in [-0.2, 0) is 21.5 Å². The maximum Gasteiger partial charge on any atom is 0.240 e. The Balaban J connectivity index is 1.49. The molecule has 1 aliphatic heterocycles. The normalized spacial score (nSPS) is 19.1. The Morgan fingerprint density at radius 2 is 2.28 bits per heavy atom. The van der Waals surface area contributed by atoms with Crippen LogP contribution in [0.4, 0.5) is 5.88 Å². The molecule has 3 heterocycles. The summed E-state index contributed by atoms with van der Waals surface area (Å²) in [6, 6.07) is 3.66. The van der Waals surface area contributed by atoms with Crippen LogP contribution in [0, 0.1) is 0 Å². The first-order valence-electron chi connectivity index (χ1n) is 8.48. The Bertz CT molecular complexity index is 689. The molecule has 136 valence electrons. The Hall–Kier alpha value is -2.19. The van der Waals surface area contributed by atoms with E-state index in [9.17, 15) is 4.79 Å². The van der Waals surface area contributed by atoms with Crippen molar-refractivity contribution in [2.24, 2.45) is 0 Å². The second kappa shape index (κ2) is 7.37. The molecule has 1 N–H and O–H groups in total. The predicted molar refractivity (Wildman–Crippen MR) is 92.2 cm³/mol. The second-order valence-corrected chi connectivity index (χ2v) is 7.33. The summed E-state index contributed by atoms with van der Waals surface area (Å²) in [4.78, 5) is 14.3. The van der Waals surface area contributed by atoms with Crippen molar-refractivity contribution in [2.75, 3.05) is 31.6 Å². The summed E-state index contributed by atoms with van der Waals surface area (Å²) in [7, 11) is 0. The lowest BCUT2D eigenvalue weighted by Crippen LogP contribution is -2.47. The first kappa shape index (κ1) is 17.6. The van der Waals surface area contributed by atoms with Crippen LogP contribution in [0.1, 0.15) is 26.5 Å². The van der Waals surface area contributed by atoms with Gasteiger partial charge in [-0.15, -0.1) is 0 Å². The molecule has 1 saturated heterocycles. The number of carbonyl (C=O) groups is 1. The number of hydrogen-bond acceptors (Lipinski definition) is 6. The molecule has 3 rings (SSSR count). The molecule has 2 aromatic rings. The molecule has 1 amide bonds. The summed E-state index contributed by atoms with van der Waals surface area (Å²) >= 11 is 0. The number of anilines is 1. The lowest BCUT2D eigenvalue weighted by molar-refractivity contribution is -0.119. The first-order chi connectivity index (χ1) is 11.9. The van der Waals surface area contributed by atoms with Crippen molar-refractivity contribution in [3.63, 3.8) is 0 Å². The van der Waals surface area contributed by atoms with E-state index in [1.54, 1.807) is 12.3 Å². The molecule has 25 heavy (non-hydrogen) atoms. The zero-order chi connectivity index (χ0) is 17.9. The Morgan fingerprint density at radius 3 is 2.96 bits per heavy atom. The van der Waals surface area contributed by atoms with Gasteiger partial charge in [0, 0.05) is 37.0 Å². The number of nitrogens with zero attached hydrogens (tertiary/aromatic N) is 4. The summed E-state index contributed by atoms with van der Waals surface area (Å²) < 4.78 is 12.8. The predicted octanol–water partition coefficient (Wildman–Crippen LogP) is 1.51. The van der Waals surface area contributed by atoms with Gasteiger partial charge in [-0.1, -0.05) is 25.9 Å². The van der Waals surface area contributed by atoms with Gasteiger partial charge < -0.3 is 9.26 Å². The fourth-order valence-electron chi connectivity index (χ4n) is 2.72. The summed E-state index contributed by atoms with van der Waals surface area (Å²) in [6.45, 7) is 9.14. The standard InChI is InChI=1S/C17H25N5O3/c1-17(2,3)14-9-16(25-20-14)19-15(23)12-21-7-8-24-13(10-21)11-22-6-4-5-18-22/h4-6,9,13H,7-8,10-12H2,1-3H3,(H,19,23)/t13-/m1/s1. The second-order valence-electron chi connectivity index (χ2n) is 7.33. The van der Waals surface area contributed by atoms with Crippen LogP contribution >= 0.6 is 0 Å². The zero-order valence-electron chi connectivity index (χ0n) is 14.9. The van der Waals surface area contributed by atoms with Crippen LogP contribution in [-0.4, -0.2) is 58.1 Å². The van der Waals surface area contributed by atoms with Gasteiger partial charge in [0.15, 0.2) is 0 Å². The van der Waals surface area contributed by atoms with Gasteiger partial charge in [0.25, 0.3) is 0 Å². The third kappa shape index (κ3) is 4.90. The molecular formula is C17H25N5O3. The minimum absolute atomic E-state index is 0.0271. The van der Waals surface area contributed by atoms with E-state index >= 15 is 0 Å². The molecule has 0 spiro atoms. The molecule has 0 saturated carbocycles. The number of hydrogen-bond donors (Lipinski definition) is 1. The largest absolute Gasteiger partial charge is 0.374 e. The summed E-state index contributed by atoms with van der Waals surface area (Å²) in [5, 5.41) is 11.0. The average molecular weight is 347 g/mol. The lowest BCUT2D eigenvalue weighted by Gasteiger charge is -2.32. The fourth-order valence-corrected chi connectivity index (χ4v) is 2.72. The Labute approximate surface area is 147 Å². The molecule has 1 aliphatic rings. The van der Waals surface area contributed by atoms with Crippen molar-refractivity contribution < 1.29 is 14.1 Å². The van der Waals surface area contributed by atoms with Crippen molar-refractivity contribution in [3.05, 3.63) is 30.2 Å². The zero-order valence-corrected chi connectivity index (χ0v) is 14.9. The maximum atomic E-state index is 12.3. The summed E-state index contributed by atoms with van der Waals surface area (Å²) in [5.41, 5.74) is 0.699. The van der Waals surface area contributed by atoms with Gasteiger partial charge in [0.2, 0.25) is 11.8 Å². The van der Waals surface area contributed by atoms with Gasteiger partial charge in [-0.25, -0.2) is 0 Å². The molecule has 0 aliphatic carbocycles. The maximum absolute atomic E-state index is 12.3. The number of aromatic nitrogens is 3. The van der Waals surface area contributed by atoms with E-state index in [0.29, 0.717) is 32.1 Å². The van der Waals surface area contributed by atoms with Crippen molar-refractivity contribution in [2.45, 2.75) is 38.8 Å². The fraction of sp³-hybridized carbons (Fsp3) is 0.588. The van der Waals surface area contributed by atoms with Crippen LogP contribution in [0.2, 0.25) is 0 Å². The smallest absolute Gasteiger partial charge is 0.240 e. The first-order valence-corrected chi connectivity index (χ1v) is 8.48. The van der Waals surface area contributed by atoms with E-state index in [2.05, 4.69) is 20.5 Å². The Morgan fingerprint density at radius 1 is 1.44 bits per heavy atom. The molecule has 0 radical (unpaired) electrons. The molecular weight excluding hydrogens is 322 g/mol. The van der Waals surface area contributed by atoms with E-state index in [1.165, 1.54) is 0 Å². The van der Waals surface area contributed by atoms with E-state index < -0.39 is 0 Å². The molecule has 2 aromatic heterocycles. The summed E-state index contributed by atoms with van der Waals surface area (Å²) in [5.74, 6) is 0.271. The van der Waals surface area contributed by atoms with Gasteiger partial charge in [-0.3, -0.25) is 19.7 Å². The van der Waals surface area contributed by atoms with E-state index in [-0.39, 0.29) is 17.4 Å². The quantitative estimate of drug-likeness (QED) is 0.882. The van der Waals surface area contributed by atoms with Crippen LogP contribution < -0.4 is 5.32 Å². The van der Waals surface area contributed by atoms with Gasteiger partial charge >= 0.3 is 0 Å². The van der Waals surface area contributed by atoms with Crippen molar-refractivity contribution >= 4 is 11.8 Å². The molecule has 8 heteroatoms. The SMILES string of the molecule is CC(C)(C)c1cc(NC(=O)CN2CCO[C@@H](Cn3cccn3)C2)on1. The molecule has 8 nitrogen and oxygen atoms in total. The third-order valence-corrected chi connectivity index (χ3v) is 4.08. The van der Waals surface area contributed by atoms with E-state index in [1.807, 2.05) is 37.7 Å². The highest BCUT2D eigenvalue weighted by molar-refractivity contribution is 5.91. The number of morpholine rings is 1. The number of ether oxygens (including phenoxy) is 1. The number of carbonyl (C=O) groups excluding carboxylic acids is 1. The van der Waals surface area contributed by atoms with E-state index in [4.69, 9.17) is 9.26 Å². The molecule has 0 unspecified atom stereocenters. The minimum Gasteiger partial charge on any atom is -0.374 e. The molecule has 1 atom stereocenters. The van der Waals surface area contributed by atoms with Crippen molar-refractivity contribution in [3.8, 4) is 0 Å². The Kier molecular flexibility index (Phi) is 5.19. The van der Waals surface area contributed by atoms with Gasteiger partial charge in [-0.05, 0) is 6.07 Å². The van der Waals surface area contributed by atoms with Crippen LogP contribution in [0.5, 0.6) is 0 Å². The minimum atomic E-state index is -0.115. The van der Waals surface area contributed by atoms with E-state index in [0.717, 1.165) is 12.2 Å². The van der Waals surface area contributed by atoms with Gasteiger partial charge in [0.1, 0.15) is 0 Å².